The van der Waals surface area contributed by atoms with E-state index >= 15 is 0 Å². The molecule has 3 rings (SSSR count). The predicted octanol–water partition coefficient (Wildman–Crippen LogP) is 4.50. The van der Waals surface area contributed by atoms with Crippen LogP contribution in [0.4, 0.5) is 16.2 Å². The van der Waals surface area contributed by atoms with Gasteiger partial charge in [-0.05, 0) is 50.6 Å². The highest BCUT2D eigenvalue weighted by atomic mass is 19.1. The van der Waals surface area contributed by atoms with Crippen LogP contribution in [0, 0.1) is 5.82 Å². The van der Waals surface area contributed by atoms with E-state index in [4.69, 9.17) is 0 Å². The molecule has 0 radical (unpaired) electrons. The van der Waals surface area contributed by atoms with E-state index in [1.807, 2.05) is 18.2 Å². The maximum absolute atomic E-state index is 13.0. The smallest absolute Gasteiger partial charge is 0.225 e. The number of pyridine rings is 1. The van der Waals surface area contributed by atoms with Crippen molar-refractivity contribution >= 4 is 11.8 Å². The van der Waals surface area contributed by atoms with Gasteiger partial charge in [0.15, 0.2) is 0 Å². The molecule has 3 aromatic rings. The Morgan fingerprint density at radius 2 is 1.65 bits per heavy atom. The average Bonchev–Trinajstić information content (AvgIpc) is 2.60. The third-order valence-corrected chi connectivity index (χ3v) is 3.58. The third-order valence-electron chi connectivity index (χ3n) is 3.58. The minimum atomic E-state index is -0.243. The summed E-state index contributed by atoms with van der Waals surface area (Å²) in [7, 11) is 0. The minimum Gasteiger partial charge on any atom is -0.366 e. The molecule has 0 bridgehead atoms. The van der Waals surface area contributed by atoms with Crippen LogP contribution < -0.4 is 10.6 Å². The van der Waals surface area contributed by atoms with Crippen LogP contribution in [-0.4, -0.2) is 20.5 Å². The summed E-state index contributed by atoms with van der Waals surface area (Å²) in [4.78, 5) is 13.2. The molecule has 6 heteroatoms. The van der Waals surface area contributed by atoms with Crippen LogP contribution in [0.2, 0.25) is 0 Å². The minimum absolute atomic E-state index is 0.162. The summed E-state index contributed by atoms with van der Waals surface area (Å²) in [6, 6.07) is 12.1. The molecule has 134 valence electrons. The monoisotopic (exact) mass is 351 g/mol. The molecule has 0 aliphatic rings. The SMILES string of the molecule is CC(C)(C)Nc1nc(NCc2ccc(F)cc2)cc(-c2ccncc2)n1. The standard InChI is InChI=1S/C20H22FN5/c1-20(2,3)26-19-24-17(15-8-10-22-11-9-15)12-18(25-19)23-13-14-4-6-16(21)7-5-14/h4-12H,13H2,1-3H3,(H2,23,24,25,26). The van der Waals surface area contributed by atoms with Crippen molar-refractivity contribution in [2.75, 3.05) is 10.6 Å². The van der Waals surface area contributed by atoms with E-state index in [1.54, 1.807) is 24.5 Å². The van der Waals surface area contributed by atoms with Crippen molar-refractivity contribution in [3.05, 3.63) is 66.2 Å². The number of aromatic nitrogens is 3. The zero-order chi connectivity index (χ0) is 18.6. The number of anilines is 2. The van der Waals surface area contributed by atoms with Gasteiger partial charge in [-0.15, -0.1) is 0 Å². The largest absolute Gasteiger partial charge is 0.366 e. The molecular formula is C20H22FN5. The second-order valence-corrected chi connectivity index (χ2v) is 7.05. The fourth-order valence-corrected chi connectivity index (χ4v) is 2.39. The zero-order valence-corrected chi connectivity index (χ0v) is 15.1. The Kier molecular flexibility index (Phi) is 5.11. The van der Waals surface area contributed by atoms with Crippen molar-refractivity contribution in [1.82, 2.24) is 15.0 Å². The molecule has 0 spiro atoms. The van der Waals surface area contributed by atoms with Crippen molar-refractivity contribution in [3.63, 3.8) is 0 Å². The van der Waals surface area contributed by atoms with Gasteiger partial charge in [-0.2, -0.15) is 4.98 Å². The van der Waals surface area contributed by atoms with E-state index in [0.29, 0.717) is 18.3 Å². The number of benzene rings is 1. The molecule has 0 unspecified atom stereocenters. The van der Waals surface area contributed by atoms with Gasteiger partial charge in [0.1, 0.15) is 11.6 Å². The van der Waals surface area contributed by atoms with Crippen LogP contribution in [-0.2, 0) is 6.54 Å². The van der Waals surface area contributed by atoms with Crippen molar-refractivity contribution in [2.24, 2.45) is 0 Å². The van der Waals surface area contributed by atoms with Crippen LogP contribution in [0.15, 0.2) is 54.9 Å². The second kappa shape index (κ2) is 7.47. The molecule has 0 saturated heterocycles. The summed E-state index contributed by atoms with van der Waals surface area (Å²) in [5.74, 6) is 1.00. The Bertz CT molecular complexity index is 858. The molecule has 2 heterocycles. The summed E-state index contributed by atoms with van der Waals surface area (Å²) in [5, 5.41) is 6.60. The Hall–Kier alpha value is -3.02. The summed E-state index contributed by atoms with van der Waals surface area (Å²) >= 11 is 0. The van der Waals surface area contributed by atoms with E-state index in [2.05, 4.69) is 46.4 Å². The van der Waals surface area contributed by atoms with Crippen LogP contribution in [0.1, 0.15) is 26.3 Å². The van der Waals surface area contributed by atoms with Gasteiger partial charge < -0.3 is 10.6 Å². The van der Waals surface area contributed by atoms with E-state index < -0.39 is 0 Å². The highest BCUT2D eigenvalue weighted by Gasteiger charge is 2.14. The molecule has 0 fully saturated rings. The lowest BCUT2D eigenvalue weighted by molar-refractivity contribution is 0.626. The van der Waals surface area contributed by atoms with Gasteiger partial charge in [-0.3, -0.25) is 4.98 Å². The second-order valence-electron chi connectivity index (χ2n) is 7.05. The lowest BCUT2D eigenvalue weighted by Crippen LogP contribution is -2.27. The van der Waals surface area contributed by atoms with E-state index in [-0.39, 0.29) is 11.4 Å². The first-order valence-electron chi connectivity index (χ1n) is 8.45. The van der Waals surface area contributed by atoms with Crippen LogP contribution in [0.3, 0.4) is 0 Å². The quantitative estimate of drug-likeness (QED) is 0.709. The lowest BCUT2D eigenvalue weighted by Gasteiger charge is -2.21. The van der Waals surface area contributed by atoms with Gasteiger partial charge in [0.25, 0.3) is 0 Å². The Morgan fingerprint density at radius 1 is 0.962 bits per heavy atom. The van der Waals surface area contributed by atoms with Gasteiger partial charge in [0.2, 0.25) is 5.95 Å². The average molecular weight is 351 g/mol. The Morgan fingerprint density at radius 3 is 2.31 bits per heavy atom. The molecule has 0 aliphatic heterocycles. The molecule has 2 aromatic heterocycles. The van der Waals surface area contributed by atoms with Crippen LogP contribution >= 0.6 is 0 Å². The number of hydrogen-bond donors (Lipinski definition) is 2. The van der Waals surface area contributed by atoms with E-state index in [1.165, 1.54) is 12.1 Å². The third kappa shape index (κ3) is 4.99. The van der Waals surface area contributed by atoms with Crippen LogP contribution in [0.5, 0.6) is 0 Å². The molecule has 0 aliphatic carbocycles. The Labute approximate surface area is 152 Å². The summed E-state index contributed by atoms with van der Waals surface area (Å²) in [5.41, 5.74) is 2.58. The van der Waals surface area contributed by atoms with Gasteiger partial charge in [-0.1, -0.05) is 12.1 Å². The first-order valence-corrected chi connectivity index (χ1v) is 8.45. The normalized spacial score (nSPS) is 11.2. The molecule has 1 aromatic carbocycles. The number of hydrogen-bond acceptors (Lipinski definition) is 5. The molecular weight excluding hydrogens is 329 g/mol. The summed E-state index contributed by atoms with van der Waals surface area (Å²) in [6.45, 7) is 6.71. The predicted molar refractivity (Wildman–Crippen MR) is 102 cm³/mol. The fourth-order valence-electron chi connectivity index (χ4n) is 2.39. The summed E-state index contributed by atoms with van der Waals surface area (Å²) < 4.78 is 13.0. The molecule has 5 nitrogen and oxygen atoms in total. The number of rotatable bonds is 5. The van der Waals surface area contributed by atoms with Gasteiger partial charge in [-0.25, -0.2) is 9.37 Å². The summed E-state index contributed by atoms with van der Waals surface area (Å²) in [6.07, 6.45) is 3.47. The van der Waals surface area contributed by atoms with Crippen molar-refractivity contribution in [2.45, 2.75) is 32.9 Å². The number of nitrogens with one attached hydrogen (secondary N) is 2. The van der Waals surface area contributed by atoms with Gasteiger partial charge >= 0.3 is 0 Å². The van der Waals surface area contributed by atoms with Gasteiger partial charge in [0, 0.05) is 36.1 Å². The first-order chi connectivity index (χ1) is 12.4. The zero-order valence-electron chi connectivity index (χ0n) is 15.1. The van der Waals surface area contributed by atoms with Crippen molar-refractivity contribution in [1.29, 1.82) is 0 Å². The van der Waals surface area contributed by atoms with Crippen LogP contribution in [0.25, 0.3) is 11.3 Å². The number of nitrogens with zero attached hydrogens (tertiary/aromatic N) is 3. The fraction of sp³-hybridized carbons (Fsp3) is 0.250. The highest BCUT2D eigenvalue weighted by molar-refractivity contribution is 5.64. The lowest BCUT2D eigenvalue weighted by atomic mass is 10.1. The molecule has 26 heavy (non-hydrogen) atoms. The molecule has 0 saturated carbocycles. The van der Waals surface area contributed by atoms with Gasteiger partial charge in [0.05, 0.1) is 5.69 Å². The van der Waals surface area contributed by atoms with E-state index in [0.717, 1.165) is 16.8 Å². The topological polar surface area (TPSA) is 62.7 Å². The maximum Gasteiger partial charge on any atom is 0.225 e. The maximum atomic E-state index is 13.0. The van der Waals surface area contributed by atoms with Crippen molar-refractivity contribution < 1.29 is 4.39 Å². The number of halogens is 1. The van der Waals surface area contributed by atoms with Crippen molar-refractivity contribution in [3.8, 4) is 11.3 Å². The molecule has 0 amide bonds. The molecule has 2 N–H and O–H groups in total. The highest BCUT2D eigenvalue weighted by Crippen LogP contribution is 2.22. The first kappa shape index (κ1) is 17.8. The van der Waals surface area contributed by atoms with E-state index in [9.17, 15) is 4.39 Å². The molecule has 0 atom stereocenters. The Balaban J connectivity index is 1.87.